The van der Waals surface area contributed by atoms with Gasteiger partial charge in [-0.25, -0.2) is 8.42 Å². The van der Waals surface area contributed by atoms with E-state index in [-0.39, 0.29) is 17.4 Å². The van der Waals surface area contributed by atoms with Gasteiger partial charge in [0.25, 0.3) is 0 Å². The molecular weight excluding hydrogens is 398 g/mol. The van der Waals surface area contributed by atoms with E-state index in [0.717, 1.165) is 5.69 Å². The number of allylic oxidation sites excluding steroid dienone is 1. The van der Waals surface area contributed by atoms with Gasteiger partial charge in [-0.05, 0) is 29.0 Å². The number of para-hydroxylation sites is 1. The number of tetrazole rings is 1. The lowest BCUT2D eigenvalue weighted by molar-refractivity contribution is 0.597. The fourth-order valence-electron chi connectivity index (χ4n) is 3.20. The molecule has 0 amide bonds. The van der Waals surface area contributed by atoms with Crippen molar-refractivity contribution in [3.8, 4) is 5.69 Å². The molecule has 4 rings (SSSR count). The highest BCUT2D eigenvalue weighted by atomic mass is 32.2. The topological polar surface area (TPSA) is 108 Å². The van der Waals surface area contributed by atoms with Crippen LogP contribution in [0, 0.1) is 0 Å². The van der Waals surface area contributed by atoms with Crippen molar-refractivity contribution in [3.63, 3.8) is 0 Å². The van der Waals surface area contributed by atoms with Gasteiger partial charge >= 0.3 is 0 Å². The van der Waals surface area contributed by atoms with Crippen molar-refractivity contribution in [2.75, 3.05) is 11.5 Å². The molecule has 1 unspecified atom stereocenters. The summed E-state index contributed by atoms with van der Waals surface area (Å²) < 4.78 is 27.3. The molecule has 1 atom stereocenters. The molecule has 9 nitrogen and oxygen atoms in total. The summed E-state index contributed by atoms with van der Waals surface area (Å²) in [6.07, 6.45) is 2.34. The smallest absolute Gasteiger partial charge is 0.191 e. The number of aromatic nitrogens is 7. The molecule has 28 heavy (non-hydrogen) atoms. The first-order chi connectivity index (χ1) is 13.6. The Bertz CT molecular complexity index is 1080. The molecule has 3 heterocycles. The first kappa shape index (κ1) is 18.8. The molecule has 0 N–H and O–H groups in total. The van der Waals surface area contributed by atoms with Crippen molar-refractivity contribution in [2.45, 2.75) is 29.8 Å². The predicted molar refractivity (Wildman–Crippen MR) is 105 cm³/mol. The van der Waals surface area contributed by atoms with E-state index >= 15 is 0 Å². The van der Waals surface area contributed by atoms with Crippen LogP contribution in [-0.2, 0) is 22.1 Å². The molecular formula is C17H19N7O2S2. The first-order valence-electron chi connectivity index (χ1n) is 8.77. The van der Waals surface area contributed by atoms with Gasteiger partial charge in [0.2, 0.25) is 0 Å². The summed E-state index contributed by atoms with van der Waals surface area (Å²) in [6.45, 7) is 4.32. The summed E-state index contributed by atoms with van der Waals surface area (Å²) in [7, 11) is -2.99. The van der Waals surface area contributed by atoms with Crippen LogP contribution in [-0.4, -0.2) is 54.9 Å². The standard InChI is InChI=1S/C17H19N7O2S2/c1-2-9-23-16(13-8-10-28(25,26)12-13)19-20-17(23)27-11-15-18-21-22-24(15)14-6-4-3-5-7-14/h2-7,13H,1,8-12H2. The maximum Gasteiger partial charge on any atom is 0.191 e. The Hall–Kier alpha value is -2.53. The summed E-state index contributed by atoms with van der Waals surface area (Å²) in [4.78, 5) is 0. The summed E-state index contributed by atoms with van der Waals surface area (Å²) >= 11 is 1.46. The van der Waals surface area contributed by atoms with Gasteiger partial charge in [0.05, 0.1) is 22.9 Å². The lowest BCUT2D eigenvalue weighted by atomic mass is 10.1. The Morgan fingerprint density at radius 1 is 1.21 bits per heavy atom. The summed E-state index contributed by atoms with van der Waals surface area (Å²) in [5, 5.41) is 21.2. The monoisotopic (exact) mass is 417 g/mol. The Morgan fingerprint density at radius 3 is 2.75 bits per heavy atom. The third-order valence-electron chi connectivity index (χ3n) is 4.52. The predicted octanol–water partition coefficient (Wildman–Crippen LogP) is 1.63. The molecule has 1 aromatic carbocycles. The van der Waals surface area contributed by atoms with Gasteiger partial charge in [0.1, 0.15) is 5.82 Å². The average Bonchev–Trinajstić information content (AvgIpc) is 3.39. The first-order valence-corrected chi connectivity index (χ1v) is 11.6. The second kappa shape index (κ2) is 7.84. The third kappa shape index (κ3) is 3.85. The van der Waals surface area contributed by atoms with Crippen molar-refractivity contribution < 1.29 is 8.42 Å². The van der Waals surface area contributed by atoms with Gasteiger partial charge in [-0.1, -0.05) is 36.0 Å². The molecule has 0 spiro atoms. The Labute approximate surface area is 166 Å². The molecule has 2 aromatic heterocycles. The molecule has 0 aliphatic carbocycles. The minimum Gasteiger partial charge on any atom is -0.302 e. The van der Waals surface area contributed by atoms with Crippen LogP contribution < -0.4 is 0 Å². The third-order valence-corrected chi connectivity index (χ3v) is 7.25. The second-order valence-electron chi connectivity index (χ2n) is 6.47. The van der Waals surface area contributed by atoms with Crippen molar-refractivity contribution in [1.82, 2.24) is 35.0 Å². The van der Waals surface area contributed by atoms with Crippen LogP contribution in [0.1, 0.15) is 24.0 Å². The zero-order valence-corrected chi connectivity index (χ0v) is 16.7. The molecule has 0 radical (unpaired) electrons. The highest BCUT2D eigenvalue weighted by Gasteiger charge is 2.33. The van der Waals surface area contributed by atoms with Crippen LogP contribution in [0.5, 0.6) is 0 Å². The van der Waals surface area contributed by atoms with Gasteiger partial charge in [-0.2, -0.15) is 4.68 Å². The molecule has 1 aliphatic heterocycles. The van der Waals surface area contributed by atoms with Gasteiger partial charge in [0, 0.05) is 12.5 Å². The van der Waals surface area contributed by atoms with Crippen LogP contribution in [0.2, 0.25) is 0 Å². The number of rotatable bonds is 7. The minimum absolute atomic E-state index is 0.124. The van der Waals surface area contributed by atoms with Crippen LogP contribution in [0.25, 0.3) is 5.69 Å². The maximum absolute atomic E-state index is 11.8. The zero-order valence-electron chi connectivity index (χ0n) is 15.0. The van der Waals surface area contributed by atoms with Gasteiger partial charge in [-0.15, -0.1) is 21.9 Å². The SMILES string of the molecule is C=CCn1c(SCc2nnnn2-c2ccccc2)nnc1C1CCS(=O)(=O)C1. The maximum atomic E-state index is 11.8. The van der Waals surface area contributed by atoms with Crippen molar-refractivity contribution in [1.29, 1.82) is 0 Å². The molecule has 0 bridgehead atoms. The van der Waals surface area contributed by atoms with E-state index in [0.29, 0.717) is 35.5 Å². The summed E-state index contributed by atoms with van der Waals surface area (Å²) in [5.74, 6) is 2.09. The number of nitrogens with zero attached hydrogens (tertiary/aromatic N) is 7. The average molecular weight is 418 g/mol. The van der Waals surface area contributed by atoms with E-state index in [9.17, 15) is 8.42 Å². The number of hydrogen-bond acceptors (Lipinski definition) is 8. The van der Waals surface area contributed by atoms with Gasteiger partial charge < -0.3 is 4.57 Å². The minimum atomic E-state index is -2.99. The number of sulfone groups is 1. The van der Waals surface area contributed by atoms with E-state index in [2.05, 4.69) is 32.3 Å². The molecule has 1 aliphatic rings. The van der Waals surface area contributed by atoms with Crippen molar-refractivity contribution in [3.05, 3.63) is 54.6 Å². The van der Waals surface area contributed by atoms with E-state index in [1.807, 2.05) is 34.9 Å². The summed E-state index contributed by atoms with van der Waals surface area (Å²) in [6, 6.07) is 9.66. The number of thioether (sulfide) groups is 1. The molecule has 1 fully saturated rings. The number of hydrogen-bond donors (Lipinski definition) is 0. The lowest BCUT2D eigenvalue weighted by Crippen LogP contribution is -2.11. The Morgan fingerprint density at radius 2 is 2.04 bits per heavy atom. The van der Waals surface area contributed by atoms with Crippen LogP contribution in [0.3, 0.4) is 0 Å². The molecule has 1 saturated heterocycles. The molecule has 146 valence electrons. The fourth-order valence-corrected chi connectivity index (χ4v) is 5.80. The molecule has 0 saturated carbocycles. The Kier molecular flexibility index (Phi) is 5.27. The van der Waals surface area contributed by atoms with Crippen LogP contribution in [0.15, 0.2) is 48.1 Å². The Balaban J connectivity index is 1.55. The van der Waals surface area contributed by atoms with Gasteiger partial charge in [0.15, 0.2) is 20.8 Å². The van der Waals surface area contributed by atoms with Crippen molar-refractivity contribution in [2.24, 2.45) is 0 Å². The molecule has 3 aromatic rings. The van der Waals surface area contributed by atoms with Crippen molar-refractivity contribution >= 4 is 21.6 Å². The second-order valence-corrected chi connectivity index (χ2v) is 9.64. The van der Waals surface area contributed by atoms with E-state index in [1.165, 1.54) is 11.8 Å². The normalized spacial score (nSPS) is 18.4. The van der Waals surface area contributed by atoms with E-state index in [4.69, 9.17) is 0 Å². The van der Waals surface area contributed by atoms with Crippen LogP contribution >= 0.6 is 11.8 Å². The highest BCUT2D eigenvalue weighted by Crippen LogP contribution is 2.31. The lowest BCUT2D eigenvalue weighted by Gasteiger charge is -2.11. The number of benzene rings is 1. The zero-order chi connectivity index (χ0) is 19.6. The van der Waals surface area contributed by atoms with E-state index in [1.54, 1.807) is 10.8 Å². The van der Waals surface area contributed by atoms with E-state index < -0.39 is 9.84 Å². The fraction of sp³-hybridized carbons (Fsp3) is 0.353. The quantitative estimate of drug-likeness (QED) is 0.422. The molecule has 11 heteroatoms. The summed E-state index contributed by atoms with van der Waals surface area (Å²) in [5.41, 5.74) is 0.882. The van der Waals surface area contributed by atoms with Gasteiger partial charge in [-0.3, -0.25) is 0 Å². The highest BCUT2D eigenvalue weighted by molar-refractivity contribution is 7.98. The largest absolute Gasteiger partial charge is 0.302 e. The van der Waals surface area contributed by atoms with Crippen LogP contribution in [0.4, 0.5) is 0 Å².